The summed E-state index contributed by atoms with van der Waals surface area (Å²) in [7, 11) is -3.46. The Labute approximate surface area is 132 Å². The molecular formula is C14H21ClN2O3S. The standard InChI is InChI=1S/C14H20N2O3S.ClH/c1-2-14(16-7-9-19-10-8-16)20(17,18)13-5-3-12(11-15)4-6-13;/h2-6,14H,1,7-11,15H2;1H. The van der Waals surface area contributed by atoms with Gasteiger partial charge in [0.25, 0.3) is 0 Å². The monoisotopic (exact) mass is 332 g/mol. The van der Waals surface area contributed by atoms with E-state index in [1.54, 1.807) is 24.3 Å². The smallest absolute Gasteiger partial charge is 0.198 e. The molecule has 1 saturated heterocycles. The second-order valence-corrected chi connectivity index (χ2v) is 6.71. The van der Waals surface area contributed by atoms with Gasteiger partial charge in [0, 0.05) is 19.6 Å². The number of hydrogen-bond acceptors (Lipinski definition) is 5. The molecule has 2 rings (SSSR count). The van der Waals surface area contributed by atoms with Crippen molar-refractivity contribution in [2.75, 3.05) is 26.3 Å². The van der Waals surface area contributed by atoms with Crippen LogP contribution in [0.4, 0.5) is 0 Å². The molecule has 1 fully saturated rings. The average molecular weight is 333 g/mol. The van der Waals surface area contributed by atoms with Gasteiger partial charge in [-0.3, -0.25) is 4.90 Å². The van der Waals surface area contributed by atoms with Crippen molar-refractivity contribution in [1.29, 1.82) is 0 Å². The first-order valence-corrected chi connectivity index (χ1v) is 8.11. The van der Waals surface area contributed by atoms with Gasteiger partial charge in [-0.2, -0.15) is 0 Å². The fourth-order valence-corrected chi connectivity index (χ4v) is 3.91. The number of ether oxygens (including phenoxy) is 1. The summed E-state index contributed by atoms with van der Waals surface area (Å²) in [6.45, 7) is 6.36. The van der Waals surface area contributed by atoms with Crippen LogP contribution in [0, 0.1) is 0 Å². The largest absolute Gasteiger partial charge is 0.379 e. The molecule has 21 heavy (non-hydrogen) atoms. The second-order valence-electron chi connectivity index (χ2n) is 4.67. The summed E-state index contributed by atoms with van der Waals surface area (Å²) in [5.41, 5.74) is 6.43. The highest BCUT2D eigenvalue weighted by molar-refractivity contribution is 7.92. The summed E-state index contributed by atoms with van der Waals surface area (Å²) in [6, 6.07) is 6.70. The van der Waals surface area contributed by atoms with Crippen LogP contribution in [0.1, 0.15) is 5.56 Å². The van der Waals surface area contributed by atoms with Crippen molar-refractivity contribution >= 4 is 22.2 Å². The highest BCUT2D eigenvalue weighted by Gasteiger charge is 2.31. The summed E-state index contributed by atoms with van der Waals surface area (Å²) >= 11 is 0. The molecule has 1 unspecified atom stereocenters. The first kappa shape index (κ1) is 18.1. The maximum absolute atomic E-state index is 12.7. The quantitative estimate of drug-likeness (QED) is 0.820. The highest BCUT2D eigenvalue weighted by atomic mass is 35.5. The minimum absolute atomic E-state index is 0. The van der Waals surface area contributed by atoms with E-state index in [0.29, 0.717) is 37.7 Å². The van der Waals surface area contributed by atoms with Crippen molar-refractivity contribution in [1.82, 2.24) is 4.90 Å². The third-order valence-corrected chi connectivity index (χ3v) is 5.47. The van der Waals surface area contributed by atoms with Crippen LogP contribution in [0.15, 0.2) is 41.8 Å². The minimum Gasteiger partial charge on any atom is -0.379 e. The van der Waals surface area contributed by atoms with Crippen LogP contribution in [-0.2, 0) is 21.1 Å². The van der Waals surface area contributed by atoms with E-state index < -0.39 is 15.2 Å². The third-order valence-electron chi connectivity index (χ3n) is 3.41. The van der Waals surface area contributed by atoms with E-state index in [0.717, 1.165) is 5.56 Å². The molecule has 0 aliphatic carbocycles. The van der Waals surface area contributed by atoms with Crippen molar-refractivity contribution in [2.45, 2.75) is 16.8 Å². The van der Waals surface area contributed by atoms with Crippen molar-refractivity contribution in [3.8, 4) is 0 Å². The molecule has 7 heteroatoms. The van der Waals surface area contributed by atoms with Gasteiger partial charge in [-0.25, -0.2) is 8.42 Å². The Balaban J connectivity index is 0.00000220. The first-order valence-electron chi connectivity index (χ1n) is 6.57. The molecule has 5 nitrogen and oxygen atoms in total. The molecule has 1 aromatic rings. The average Bonchev–Trinajstić information content (AvgIpc) is 2.49. The molecular weight excluding hydrogens is 312 g/mol. The number of hydrogen-bond donors (Lipinski definition) is 1. The Kier molecular flexibility index (Phi) is 6.83. The Morgan fingerprint density at radius 3 is 2.33 bits per heavy atom. The van der Waals surface area contributed by atoms with E-state index in [-0.39, 0.29) is 12.4 Å². The van der Waals surface area contributed by atoms with Gasteiger partial charge in [0.1, 0.15) is 5.37 Å². The Morgan fingerprint density at radius 2 is 1.86 bits per heavy atom. The topological polar surface area (TPSA) is 72.6 Å². The van der Waals surface area contributed by atoms with Gasteiger partial charge in [0.2, 0.25) is 0 Å². The van der Waals surface area contributed by atoms with Crippen LogP contribution < -0.4 is 5.73 Å². The van der Waals surface area contributed by atoms with E-state index in [1.807, 2.05) is 4.90 Å². The number of sulfone groups is 1. The number of nitrogens with two attached hydrogens (primary N) is 1. The minimum atomic E-state index is -3.46. The zero-order chi connectivity index (χ0) is 14.6. The van der Waals surface area contributed by atoms with E-state index in [2.05, 4.69) is 6.58 Å². The highest BCUT2D eigenvalue weighted by Crippen LogP contribution is 2.21. The second kappa shape index (κ2) is 7.91. The SMILES string of the molecule is C=CC(N1CCOCC1)S(=O)(=O)c1ccc(CN)cc1.Cl. The molecule has 1 heterocycles. The zero-order valence-electron chi connectivity index (χ0n) is 11.8. The zero-order valence-corrected chi connectivity index (χ0v) is 13.4. The van der Waals surface area contributed by atoms with Crippen molar-refractivity contribution in [3.63, 3.8) is 0 Å². The maximum atomic E-state index is 12.7. The predicted molar refractivity (Wildman–Crippen MR) is 85.1 cm³/mol. The van der Waals surface area contributed by atoms with Crippen LogP contribution in [0.3, 0.4) is 0 Å². The lowest BCUT2D eigenvalue weighted by molar-refractivity contribution is 0.0374. The predicted octanol–water partition coefficient (Wildman–Crippen LogP) is 1.19. The molecule has 0 aromatic heterocycles. The number of halogens is 1. The maximum Gasteiger partial charge on any atom is 0.198 e. The molecule has 0 saturated carbocycles. The molecule has 2 N–H and O–H groups in total. The van der Waals surface area contributed by atoms with Crippen molar-refractivity contribution < 1.29 is 13.2 Å². The first-order chi connectivity index (χ1) is 9.59. The summed E-state index contributed by atoms with van der Waals surface area (Å²) in [5, 5.41) is -0.713. The van der Waals surface area contributed by atoms with Crippen LogP contribution >= 0.6 is 12.4 Å². The lowest BCUT2D eigenvalue weighted by Crippen LogP contribution is -2.46. The molecule has 0 spiro atoms. The van der Waals surface area contributed by atoms with Crippen molar-refractivity contribution in [2.24, 2.45) is 5.73 Å². The molecule has 0 bridgehead atoms. The molecule has 0 amide bonds. The fraction of sp³-hybridized carbons (Fsp3) is 0.429. The van der Waals surface area contributed by atoms with Gasteiger partial charge in [-0.1, -0.05) is 18.2 Å². The summed E-state index contributed by atoms with van der Waals surface area (Å²) in [5.74, 6) is 0. The van der Waals surface area contributed by atoms with Gasteiger partial charge >= 0.3 is 0 Å². The lowest BCUT2D eigenvalue weighted by Gasteiger charge is -2.32. The van der Waals surface area contributed by atoms with E-state index >= 15 is 0 Å². The van der Waals surface area contributed by atoms with Gasteiger partial charge < -0.3 is 10.5 Å². The van der Waals surface area contributed by atoms with Gasteiger partial charge in [0.15, 0.2) is 9.84 Å². The van der Waals surface area contributed by atoms with Crippen LogP contribution in [0.25, 0.3) is 0 Å². The van der Waals surface area contributed by atoms with Crippen LogP contribution in [-0.4, -0.2) is 45.0 Å². The van der Waals surface area contributed by atoms with Crippen molar-refractivity contribution in [3.05, 3.63) is 42.5 Å². The van der Waals surface area contributed by atoms with E-state index in [9.17, 15) is 8.42 Å². The Hall–Kier alpha value is -0.920. The van der Waals surface area contributed by atoms with Gasteiger partial charge in [-0.15, -0.1) is 19.0 Å². The van der Waals surface area contributed by atoms with Crippen LogP contribution in [0.5, 0.6) is 0 Å². The molecule has 1 aliphatic rings. The number of benzene rings is 1. The third kappa shape index (κ3) is 4.05. The molecule has 118 valence electrons. The number of morpholine rings is 1. The van der Waals surface area contributed by atoms with Gasteiger partial charge in [-0.05, 0) is 17.7 Å². The molecule has 0 radical (unpaired) electrons. The Morgan fingerprint density at radius 1 is 1.29 bits per heavy atom. The lowest BCUT2D eigenvalue weighted by atomic mass is 10.2. The van der Waals surface area contributed by atoms with E-state index in [4.69, 9.17) is 10.5 Å². The number of rotatable bonds is 5. The van der Waals surface area contributed by atoms with Crippen LogP contribution in [0.2, 0.25) is 0 Å². The Bertz CT molecular complexity index is 554. The number of nitrogens with zero attached hydrogens (tertiary/aromatic N) is 1. The van der Waals surface area contributed by atoms with E-state index in [1.165, 1.54) is 6.08 Å². The molecule has 1 aromatic carbocycles. The normalized spacial score (nSPS) is 17.8. The molecule has 1 aliphatic heterocycles. The van der Waals surface area contributed by atoms with Gasteiger partial charge in [0.05, 0.1) is 18.1 Å². The summed E-state index contributed by atoms with van der Waals surface area (Å²) in [6.07, 6.45) is 1.48. The summed E-state index contributed by atoms with van der Waals surface area (Å²) < 4.78 is 30.6. The summed E-state index contributed by atoms with van der Waals surface area (Å²) in [4.78, 5) is 2.17. The fourth-order valence-electron chi connectivity index (χ4n) is 2.26. The molecule has 1 atom stereocenters.